The zero-order valence-electron chi connectivity index (χ0n) is 9.10. The molecule has 14 heavy (non-hydrogen) atoms. The number of halogens is 1. The van der Waals surface area contributed by atoms with Crippen LogP contribution in [0.5, 0.6) is 5.88 Å². The van der Waals surface area contributed by atoms with Crippen LogP contribution in [0, 0.1) is 5.82 Å². The molecule has 1 aromatic rings. The van der Waals surface area contributed by atoms with Crippen LogP contribution in [0.3, 0.4) is 0 Å². The fraction of sp³-hybridized carbons (Fsp3) is 0.545. The summed E-state index contributed by atoms with van der Waals surface area (Å²) < 4.78 is 18.1. The highest BCUT2D eigenvalue weighted by Crippen LogP contribution is 2.28. The van der Waals surface area contributed by atoms with Crippen LogP contribution < -0.4 is 4.74 Å². The molecule has 0 atom stereocenters. The summed E-state index contributed by atoms with van der Waals surface area (Å²) in [5.41, 5.74) is 0.860. The van der Waals surface area contributed by atoms with E-state index in [4.69, 9.17) is 4.74 Å². The van der Waals surface area contributed by atoms with E-state index in [2.05, 4.69) is 25.8 Å². The summed E-state index contributed by atoms with van der Waals surface area (Å²) >= 11 is 0. The number of methoxy groups -OCH3 is 1. The Labute approximate surface area is 84.1 Å². The number of hydrogen-bond acceptors (Lipinski definition) is 2. The van der Waals surface area contributed by atoms with Crippen molar-refractivity contribution in [2.24, 2.45) is 0 Å². The molecule has 0 aliphatic rings. The van der Waals surface area contributed by atoms with Gasteiger partial charge in [0, 0.05) is 6.20 Å². The van der Waals surface area contributed by atoms with Gasteiger partial charge < -0.3 is 4.74 Å². The molecule has 0 unspecified atom stereocenters. The van der Waals surface area contributed by atoms with Crippen LogP contribution in [-0.2, 0) is 5.41 Å². The largest absolute Gasteiger partial charge is 0.479 e. The van der Waals surface area contributed by atoms with E-state index in [0.29, 0.717) is 0 Å². The average molecular weight is 197 g/mol. The number of hydrogen-bond donors (Lipinski definition) is 0. The van der Waals surface area contributed by atoms with Crippen LogP contribution in [0.1, 0.15) is 32.8 Å². The van der Waals surface area contributed by atoms with E-state index in [1.807, 2.05) is 0 Å². The van der Waals surface area contributed by atoms with E-state index in [1.54, 1.807) is 6.20 Å². The van der Waals surface area contributed by atoms with Gasteiger partial charge in [0.05, 0.1) is 7.11 Å². The summed E-state index contributed by atoms with van der Waals surface area (Å²) in [5, 5.41) is 0. The lowest BCUT2D eigenvalue weighted by atomic mass is 9.83. The molecule has 1 rings (SSSR count). The minimum Gasteiger partial charge on any atom is -0.479 e. The third-order valence-corrected chi connectivity index (χ3v) is 2.67. The zero-order valence-corrected chi connectivity index (χ0v) is 9.10. The molecule has 1 aromatic heterocycles. The maximum absolute atomic E-state index is 13.3. The number of aromatic nitrogens is 1. The van der Waals surface area contributed by atoms with E-state index in [1.165, 1.54) is 13.2 Å². The highest BCUT2D eigenvalue weighted by atomic mass is 19.1. The Kier molecular flexibility index (Phi) is 3.09. The van der Waals surface area contributed by atoms with Crippen LogP contribution >= 0.6 is 0 Å². The van der Waals surface area contributed by atoms with Crippen LogP contribution in [0.4, 0.5) is 4.39 Å². The van der Waals surface area contributed by atoms with Gasteiger partial charge in [-0.05, 0) is 23.5 Å². The van der Waals surface area contributed by atoms with Gasteiger partial charge in [-0.15, -0.1) is 0 Å². The van der Waals surface area contributed by atoms with Crippen molar-refractivity contribution in [2.45, 2.75) is 32.6 Å². The minimum atomic E-state index is -0.397. The topological polar surface area (TPSA) is 22.1 Å². The van der Waals surface area contributed by atoms with Crippen molar-refractivity contribution in [3.05, 3.63) is 23.6 Å². The van der Waals surface area contributed by atoms with Gasteiger partial charge in [0.2, 0.25) is 5.88 Å². The summed E-state index contributed by atoms with van der Waals surface area (Å²) in [6.07, 6.45) is 2.62. The Hall–Kier alpha value is -1.12. The standard InChI is InChI=1S/C11H16FNO/c1-5-11(2,3)8-6-9(12)10(14-4)13-7-8/h6-7H,5H2,1-4H3. The molecule has 3 heteroatoms. The molecule has 2 nitrogen and oxygen atoms in total. The lowest BCUT2D eigenvalue weighted by Gasteiger charge is -2.22. The summed E-state index contributed by atoms with van der Waals surface area (Å²) in [5.74, 6) is -0.341. The first-order chi connectivity index (χ1) is 6.51. The third kappa shape index (κ3) is 2.03. The molecule has 0 aromatic carbocycles. The Balaban J connectivity index is 3.08. The van der Waals surface area contributed by atoms with Crippen molar-refractivity contribution in [2.75, 3.05) is 7.11 Å². The number of ether oxygens (including phenoxy) is 1. The van der Waals surface area contributed by atoms with Crippen LogP contribution in [-0.4, -0.2) is 12.1 Å². The van der Waals surface area contributed by atoms with E-state index in [-0.39, 0.29) is 11.3 Å². The smallest absolute Gasteiger partial charge is 0.250 e. The van der Waals surface area contributed by atoms with Gasteiger partial charge in [-0.3, -0.25) is 0 Å². The Morgan fingerprint density at radius 3 is 2.57 bits per heavy atom. The van der Waals surface area contributed by atoms with Crippen molar-refractivity contribution in [1.82, 2.24) is 4.98 Å². The quantitative estimate of drug-likeness (QED) is 0.743. The van der Waals surface area contributed by atoms with Gasteiger partial charge in [0.15, 0.2) is 5.82 Å². The Morgan fingerprint density at radius 1 is 1.50 bits per heavy atom. The van der Waals surface area contributed by atoms with Crippen LogP contribution in [0.2, 0.25) is 0 Å². The highest BCUT2D eigenvalue weighted by molar-refractivity contribution is 5.25. The van der Waals surface area contributed by atoms with E-state index in [0.717, 1.165) is 12.0 Å². The number of pyridine rings is 1. The summed E-state index contributed by atoms with van der Waals surface area (Å²) in [6.45, 7) is 6.20. The first-order valence-electron chi connectivity index (χ1n) is 4.71. The molecule has 0 radical (unpaired) electrons. The van der Waals surface area contributed by atoms with E-state index >= 15 is 0 Å². The summed E-state index contributed by atoms with van der Waals surface area (Å²) in [7, 11) is 1.41. The van der Waals surface area contributed by atoms with Crippen molar-refractivity contribution in [3.63, 3.8) is 0 Å². The molecule has 0 bridgehead atoms. The predicted molar refractivity (Wildman–Crippen MR) is 54.1 cm³/mol. The lowest BCUT2D eigenvalue weighted by Crippen LogP contribution is -2.16. The first kappa shape index (κ1) is 11.0. The van der Waals surface area contributed by atoms with Gasteiger partial charge in [0.25, 0.3) is 0 Å². The average Bonchev–Trinajstić information content (AvgIpc) is 2.17. The molecule has 0 aliphatic carbocycles. The molecule has 0 N–H and O–H groups in total. The van der Waals surface area contributed by atoms with Crippen molar-refractivity contribution in [3.8, 4) is 5.88 Å². The molecule has 0 aliphatic heterocycles. The summed E-state index contributed by atoms with van der Waals surface area (Å²) in [4.78, 5) is 3.91. The van der Waals surface area contributed by atoms with Crippen molar-refractivity contribution in [1.29, 1.82) is 0 Å². The third-order valence-electron chi connectivity index (χ3n) is 2.67. The molecule has 0 fully saturated rings. The fourth-order valence-electron chi connectivity index (χ4n) is 1.15. The molecular weight excluding hydrogens is 181 g/mol. The van der Waals surface area contributed by atoms with Crippen LogP contribution in [0.15, 0.2) is 12.3 Å². The molecule has 0 saturated heterocycles. The predicted octanol–water partition coefficient (Wildman–Crippen LogP) is 2.92. The second kappa shape index (κ2) is 3.95. The van der Waals surface area contributed by atoms with Crippen molar-refractivity contribution < 1.29 is 9.13 Å². The maximum atomic E-state index is 13.3. The molecule has 0 amide bonds. The van der Waals surface area contributed by atoms with Gasteiger partial charge >= 0.3 is 0 Å². The van der Waals surface area contributed by atoms with Crippen molar-refractivity contribution >= 4 is 0 Å². The maximum Gasteiger partial charge on any atom is 0.250 e. The Morgan fingerprint density at radius 2 is 2.14 bits per heavy atom. The molecular formula is C11H16FNO. The summed E-state index contributed by atoms with van der Waals surface area (Å²) in [6, 6.07) is 1.50. The Bertz CT molecular complexity index is 323. The molecule has 1 heterocycles. The van der Waals surface area contributed by atoms with Gasteiger partial charge in [0.1, 0.15) is 0 Å². The zero-order chi connectivity index (χ0) is 10.8. The minimum absolute atomic E-state index is 0.0416. The number of rotatable bonds is 3. The monoisotopic (exact) mass is 197 g/mol. The molecule has 78 valence electrons. The van der Waals surface area contributed by atoms with Crippen LogP contribution in [0.25, 0.3) is 0 Å². The van der Waals surface area contributed by atoms with Gasteiger partial charge in [-0.2, -0.15) is 0 Å². The second-order valence-corrected chi connectivity index (χ2v) is 3.95. The van der Waals surface area contributed by atoms with Gasteiger partial charge in [-0.25, -0.2) is 9.37 Å². The fourth-order valence-corrected chi connectivity index (χ4v) is 1.15. The molecule has 0 saturated carbocycles. The number of nitrogens with zero attached hydrogens (tertiary/aromatic N) is 1. The normalized spacial score (nSPS) is 11.5. The van der Waals surface area contributed by atoms with E-state index in [9.17, 15) is 4.39 Å². The first-order valence-corrected chi connectivity index (χ1v) is 4.71. The highest BCUT2D eigenvalue weighted by Gasteiger charge is 2.20. The lowest BCUT2D eigenvalue weighted by molar-refractivity contribution is 0.366. The SMILES string of the molecule is CCC(C)(C)c1cnc(OC)c(F)c1. The van der Waals surface area contributed by atoms with E-state index < -0.39 is 5.82 Å². The van der Waals surface area contributed by atoms with Gasteiger partial charge in [-0.1, -0.05) is 20.8 Å². The second-order valence-electron chi connectivity index (χ2n) is 3.95. The molecule has 0 spiro atoms.